The summed E-state index contributed by atoms with van der Waals surface area (Å²) in [5, 5.41) is 2.63. The number of nitrogens with zero attached hydrogens (tertiary/aromatic N) is 1. The van der Waals surface area contributed by atoms with Crippen molar-refractivity contribution in [2.75, 3.05) is 0 Å². The van der Waals surface area contributed by atoms with E-state index in [1.807, 2.05) is 33.9 Å². The molecule has 0 heterocycles. The first-order valence-corrected chi connectivity index (χ1v) is 14.6. The van der Waals surface area contributed by atoms with E-state index < -0.39 is 24.3 Å². The zero-order chi connectivity index (χ0) is 22.0. The number of carbonyl (C=O) groups is 2. The first-order chi connectivity index (χ1) is 13.3. The third kappa shape index (κ3) is 5.09. The Hall–Kier alpha value is -1.67. The van der Waals surface area contributed by atoms with E-state index in [1.165, 1.54) is 31.2 Å². The standard InChI is InChI=1S/C21H34N2O4SSi/c1-16(24)17-12-14-19(15-13-17)28(26,27)23(29(5,6)21(2,3)4)20(25)22-18-10-8-7-9-11-18/h12-15,18H,7-11H2,1-6H3,(H,22,25). The molecule has 0 unspecified atom stereocenters. The molecule has 162 valence electrons. The highest BCUT2D eigenvalue weighted by Crippen LogP contribution is 2.41. The van der Waals surface area contributed by atoms with E-state index in [0.29, 0.717) is 5.56 Å². The smallest absolute Gasteiger partial charge is 0.323 e. The Morgan fingerprint density at radius 3 is 2.00 bits per heavy atom. The molecular weight excluding hydrogens is 404 g/mol. The molecule has 0 bridgehead atoms. The van der Waals surface area contributed by atoms with E-state index in [9.17, 15) is 18.0 Å². The fraction of sp³-hybridized carbons (Fsp3) is 0.619. The molecule has 1 fully saturated rings. The van der Waals surface area contributed by atoms with Gasteiger partial charge in [-0.3, -0.25) is 4.79 Å². The molecular formula is C21H34N2O4SSi. The van der Waals surface area contributed by atoms with Gasteiger partial charge in [0.1, 0.15) is 0 Å². The summed E-state index contributed by atoms with van der Waals surface area (Å²) >= 11 is 0. The maximum atomic E-state index is 13.6. The molecule has 0 aromatic heterocycles. The monoisotopic (exact) mass is 438 g/mol. The Morgan fingerprint density at radius 2 is 1.55 bits per heavy atom. The predicted octanol–water partition coefficient (Wildman–Crippen LogP) is 4.93. The molecule has 0 aliphatic heterocycles. The maximum absolute atomic E-state index is 13.6. The molecule has 0 saturated heterocycles. The number of carbonyl (C=O) groups excluding carboxylic acids is 2. The summed E-state index contributed by atoms with van der Waals surface area (Å²) in [6, 6.07) is 5.31. The number of urea groups is 1. The number of rotatable bonds is 5. The zero-order valence-corrected chi connectivity index (χ0v) is 20.2. The van der Waals surface area contributed by atoms with Gasteiger partial charge < -0.3 is 5.32 Å². The lowest BCUT2D eigenvalue weighted by Gasteiger charge is -2.45. The lowest BCUT2D eigenvalue weighted by atomic mass is 9.96. The van der Waals surface area contributed by atoms with Crippen molar-refractivity contribution in [1.82, 2.24) is 9.29 Å². The van der Waals surface area contributed by atoms with Crippen LogP contribution in [0.15, 0.2) is 29.2 Å². The van der Waals surface area contributed by atoms with Crippen molar-refractivity contribution >= 4 is 30.1 Å². The lowest BCUT2D eigenvalue weighted by Crippen LogP contribution is -2.63. The van der Waals surface area contributed by atoms with E-state index >= 15 is 0 Å². The van der Waals surface area contributed by atoms with Crippen molar-refractivity contribution in [3.63, 3.8) is 0 Å². The number of hydrogen-bond donors (Lipinski definition) is 1. The second-order valence-corrected chi connectivity index (χ2v) is 16.6. The Morgan fingerprint density at radius 1 is 1.03 bits per heavy atom. The minimum atomic E-state index is -4.06. The molecule has 2 amide bonds. The van der Waals surface area contributed by atoms with Gasteiger partial charge in [0.25, 0.3) is 10.0 Å². The van der Waals surface area contributed by atoms with Gasteiger partial charge in [-0.05, 0) is 50.0 Å². The summed E-state index contributed by atoms with van der Waals surface area (Å²) in [6.45, 7) is 11.2. The molecule has 1 aromatic rings. The average Bonchev–Trinajstić information content (AvgIpc) is 2.61. The normalized spacial score (nSPS) is 16.3. The maximum Gasteiger partial charge on any atom is 0.323 e. The predicted molar refractivity (Wildman–Crippen MR) is 118 cm³/mol. The minimum Gasteiger partial charge on any atom is -0.335 e. The van der Waals surface area contributed by atoms with Crippen LogP contribution < -0.4 is 5.32 Å². The van der Waals surface area contributed by atoms with Gasteiger partial charge in [-0.1, -0.05) is 52.2 Å². The first kappa shape index (κ1) is 23.6. The third-order valence-corrected chi connectivity index (χ3v) is 14.8. The molecule has 0 radical (unpaired) electrons. The van der Waals surface area contributed by atoms with Gasteiger partial charge in [0.05, 0.1) is 4.90 Å². The molecule has 29 heavy (non-hydrogen) atoms. The van der Waals surface area contributed by atoms with E-state index in [1.54, 1.807) is 0 Å². The molecule has 1 aliphatic carbocycles. The number of amides is 2. The van der Waals surface area contributed by atoms with Gasteiger partial charge >= 0.3 is 6.03 Å². The number of sulfonamides is 1. The Bertz CT molecular complexity index is 852. The number of ketones is 1. The van der Waals surface area contributed by atoms with Crippen molar-refractivity contribution < 1.29 is 18.0 Å². The highest BCUT2D eigenvalue weighted by Gasteiger charge is 2.50. The molecule has 2 rings (SSSR count). The molecule has 8 heteroatoms. The molecule has 0 spiro atoms. The van der Waals surface area contributed by atoms with Crippen LogP contribution in [-0.2, 0) is 10.0 Å². The highest BCUT2D eigenvalue weighted by molar-refractivity contribution is 7.91. The van der Waals surface area contributed by atoms with E-state index in [2.05, 4.69) is 5.32 Å². The SMILES string of the molecule is CC(=O)c1ccc(S(=O)(=O)N(C(=O)NC2CCCCC2)[Si](C)(C)C(C)(C)C)cc1. The second-order valence-electron chi connectivity index (χ2n) is 9.44. The summed E-state index contributed by atoms with van der Waals surface area (Å²) in [5.74, 6) is -0.134. The van der Waals surface area contributed by atoms with Gasteiger partial charge in [-0.2, -0.15) is 0 Å². The number of benzene rings is 1. The molecule has 0 atom stereocenters. The third-order valence-electron chi connectivity index (χ3n) is 6.26. The Balaban J connectivity index is 2.47. The Labute approximate surface area is 176 Å². The van der Waals surface area contributed by atoms with E-state index in [0.717, 1.165) is 36.1 Å². The number of hydrogen-bond acceptors (Lipinski definition) is 4. The van der Waals surface area contributed by atoms with Crippen molar-refractivity contribution in [3.05, 3.63) is 29.8 Å². The van der Waals surface area contributed by atoms with Crippen LogP contribution >= 0.6 is 0 Å². The van der Waals surface area contributed by atoms with Crippen LogP contribution in [0.5, 0.6) is 0 Å². The molecule has 1 aliphatic rings. The van der Waals surface area contributed by atoms with Crippen LogP contribution in [0.2, 0.25) is 18.1 Å². The molecule has 6 nitrogen and oxygen atoms in total. The van der Waals surface area contributed by atoms with E-state index in [4.69, 9.17) is 0 Å². The van der Waals surface area contributed by atoms with Crippen LogP contribution in [0.3, 0.4) is 0 Å². The van der Waals surface area contributed by atoms with Crippen molar-refractivity contribution in [1.29, 1.82) is 0 Å². The molecule has 1 aromatic carbocycles. The molecule has 1 N–H and O–H groups in total. The van der Waals surface area contributed by atoms with Crippen molar-refractivity contribution in [3.8, 4) is 0 Å². The average molecular weight is 439 g/mol. The highest BCUT2D eigenvalue weighted by atomic mass is 32.2. The topological polar surface area (TPSA) is 83.6 Å². The minimum absolute atomic E-state index is 0.0128. The molecule has 1 saturated carbocycles. The zero-order valence-electron chi connectivity index (χ0n) is 18.4. The van der Waals surface area contributed by atoms with E-state index in [-0.39, 0.29) is 21.8 Å². The first-order valence-electron chi connectivity index (χ1n) is 10.3. The van der Waals surface area contributed by atoms with Gasteiger partial charge in [-0.25, -0.2) is 17.2 Å². The van der Waals surface area contributed by atoms with Crippen LogP contribution in [0.25, 0.3) is 0 Å². The van der Waals surface area contributed by atoms with Crippen molar-refractivity contribution in [2.45, 2.75) is 88.9 Å². The van der Waals surface area contributed by atoms with Crippen LogP contribution in [0, 0.1) is 0 Å². The largest absolute Gasteiger partial charge is 0.335 e. The quantitative estimate of drug-likeness (QED) is 0.522. The van der Waals surface area contributed by atoms with Gasteiger partial charge in [-0.15, -0.1) is 0 Å². The van der Waals surface area contributed by atoms with Gasteiger partial charge in [0.2, 0.25) is 0 Å². The van der Waals surface area contributed by atoms with Crippen LogP contribution in [0.1, 0.15) is 70.2 Å². The van der Waals surface area contributed by atoms with Crippen molar-refractivity contribution in [2.24, 2.45) is 0 Å². The summed E-state index contributed by atoms with van der Waals surface area (Å²) in [5.41, 5.74) is 0.439. The van der Waals surface area contributed by atoms with Gasteiger partial charge in [0.15, 0.2) is 14.0 Å². The fourth-order valence-electron chi connectivity index (χ4n) is 3.42. The lowest BCUT2D eigenvalue weighted by molar-refractivity contribution is 0.101. The van der Waals surface area contributed by atoms with Crippen LogP contribution in [0.4, 0.5) is 4.79 Å². The summed E-state index contributed by atoms with van der Waals surface area (Å²) in [7, 11) is -6.83. The summed E-state index contributed by atoms with van der Waals surface area (Å²) < 4.78 is 28.3. The summed E-state index contributed by atoms with van der Waals surface area (Å²) in [4.78, 5) is 24.9. The fourth-order valence-corrected chi connectivity index (χ4v) is 9.10. The number of nitrogens with one attached hydrogen (secondary N) is 1. The number of Topliss-reactive ketones (excluding diaryl/α,β-unsaturated/α-hetero) is 1. The Kier molecular flexibility index (Phi) is 7.00. The summed E-state index contributed by atoms with van der Waals surface area (Å²) in [6.07, 6.45) is 5.00. The van der Waals surface area contributed by atoms with Gasteiger partial charge in [0, 0.05) is 11.6 Å². The van der Waals surface area contributed by atoms with Crippen LogP contribution in [-0.4, -0.2) is 38.5 Å². The second kappa shape index (κ2) is 8.59.